The van der Waals surface area contributed by atoms with Gasteiger partial charge in [-0.05, 0) is 18.2 Å². The van der Waals surface area contributed by atoms with E-state index >= 15 is 0 Å². The van der Waals surface area contributed by atoms with Gasteiger partial charge in [-0.15, -0.1) is 11.3 Å². The number of nitrogens with zero attached hydrogens (tertiary/aromatic N) is 4. The zero-order valence-electron chi connectivity index (χ0n) is 13.4. The van der Waals surface area contributed by atoms with Crippen molar-refractivity contribution >= 4 is 22.4 Å². The number of halogens is 1. The number of rotatable bonds is 5. The molecule has 25 heavy (non-hydrogen) atoms. The lowest BCUT2D eigenvalue weighted by molar-refractivity contribution is 0.00863. The van der Waals surface area contributed by atoms with Crippen LogP contribution in [0.4, 0.5) is 4.39 Å². The molecule has 3 heterocycles. The number of likely N-dealkylation sites (tertiary alicyclic amines) is 1. The Kier molecular flexibility index (Phi) is 4.44. The lowest BCUT2D eigenvalue weighted by atomic mass is 10.2. The van der Waals surface area contributed by atoms with Crippen LogP contribution in [0.15, 0.2) is 29.8 Å². The van der Waals surface area contributed by atoms with Gasteiger partial charge in [0.15, 0.2) is 0 Å². The average Bonchev–Trinajstić information content (AvgIpc) is 3.32. The third-order valence-electron chi connectivity index (χ3n) is 4.21. The number of nitriles is 1. The van der Waals surface area contributed by atoms with Crippen molar-refractivity contribution in [3.63, 3.8) is 0 Å². The first-order valence-corrected chi connectivity index (χ1v) is 8.84. The predicted octanol–water partition coefficient (Wildman–Crippen LogP) is 2.63. The van der Waals surface area contributed by atoms with E-state index in [0.717, 1.165) is 16.0 Å². The maximum Gasteiger partial charge on any atom is 0.140 e. The van der Waals surface area contributed by atoms with E-state index in [1.807, 2.05) is 10.3 Å². The van der Waals surface area contributed by atoms with Gasteiger partial charge in [-0.1, -0.05) is 0 Å². The Labute approximate surface area is 147 Å². The minimum Gasteiger partial charge on any atom is -0.366 e. The molecule has 2 atom stereocenters. The monoisotopic (exact) mass is 357 g/mol. The second kappa shape index (κ2) is 6.88. The molecule has 1 N–H and O–H groups in total. The highest BCUT2D eigenvalue weighted by molar-refractivity contribution is 7.09. The molecule has 1 aliphatic heterocycles. The molecule has 1 aliphatic rings. The van der Waals surface area contributed by atoms with Crippen LogP contribution in [-0.4, -0.2) is 45.2 Å². The molecule has 6 nitrogen and oxygen atoms in total. The Balaban J connectivity index is 1.37. The second-order valence-electron chi connectivity index (χ2n) is 6.01. The molecular formula is C17H16FN5OS. The Hall–Kier alpha value is -2.34. The molecule has 0 radical (unpaired) electrons. The molecule has 2 aromatic heterocycles. The van der Waals surface area contributed by atoms with E-state index in [9.17, 15) is 4.39 Å². The normalized spacial score (nSPS) is 21.0. The standard InChI is InChI=1S/C17H16FN5OS/c18-12-7-23(9-17-20-3-4-25-17)8-15(12)24-10-16-21-13-2-1-11(6-19)5-14(13)22-16/h1-5,12,15H,7-10H2,(H,21,22). The molecule has 0 aliphatic carbocycles. The zero-order valence-corrected chi connectivity index (χ0v) is 14.2. The Morgan fingerprint density at radius 1 is 1.44 bits per heavy atom. The maximum absolute atomic E-state index is 14.2. The topological polar surface area (TPSA) is 77.8 Å². The van der Waals surface area contributed by atoms with Gasteiger partial charge < -0.3 is 9.72 Å². The number of aromatic amines is 1. The van der Waals surface area contributed by atoms with E-state index in [1.165, 1.54) is 0 Å². The summed E-state index contributed by atoms with van der Waals surface area (Å²) in [5.74, 6) is 0.635. The third-order valence-corrected chi connectivity index (χ3v) is 4.98. The largest absolute Gasteiger partial charge is 0.366 e. The number of aromatic nitrogens is 3. The molecule has 1 saturated heterocycles. The van der Waals surface area contributed by atoms with E-state index < -0.39 is 12.3 Å². The zero-order chi connectivity index (χ0) is 17.2. The van der Waals surface area contributed by atoms with Crippen LogP contribution in [-0.2, 0) is 17.9 Å². The molecule has 2 unspecified atom stereocenters. The van der Waals surface area contributed by atoms with Crippen LogP contribution in [0, 0.1) is 11.3 Å². The van der Waals surface area contributed by atoms with Crippen molar-refractivity contribution in [1.29, 1.82) is 5.26 Å². The van der Waals surface area contributed by atoms with Crippen molar-refractivity contribution in [2.45, 2.75) is 25.4 Å². The van der Waals surface area contributed by atoms with Crippen molar-refractivity contribution in [2.24, 2.45) is 0 Å². The summed E-state index contributed by atoms with van der Waals surface area (Å²) in [5.41, 5.74) is 2.12. The number of fused-ring (bicyclic) bond motifs is 1. The molecule has 0 spiro atoms. The van der Waals surface area contributed by atoms with Gasteiger partial charge in [-0.2, -0.15) is 5.26 Å². The van der Waals surface area contributed by atoms with Crippen molar-refractivity contribution in [3.05, 3.63) is 46.2 Å². The Morgan fingerprint density at radius 2 is 2.36 bits per heavy atom. The summed E-state index contributed by atoms with van der Waals surface area (Å²) in [7, 11) is 0. The van der Waals surface area contributed by atoms with Crippen molar-refractivity contribution < 1.29 is 9.13 Å². The van der Waals surface area contributed by atoms with Gasteiger partial charge in [-0.25, -0.2) is 14.4 Å². The number of hydrogen-bond donors (Lipinski definition) is 1. The van der Waals surface area contributed by atoms with Crippen LogP contribution in [0.5, 0.6) is 0 Å². The SMILES string of the molecule is N#Cc1ccc2nc(COC3CN(Cc4nccs4)CC3F)[nH]c2c1. The van der Waals surface area contributed by atoms with Gasteiger partial charge in [0.2, 0.25) is 0 Å². The summed E-state index contributed by atoms with van der Waals surface area (Å²) in [5, 5.41) is 11.8. The van der Waals surface area contributed by atoms with Crippen LogP contribution < -0.4 is 0 Å². The smallest absolute Gasteiger partial charge is 0.140 e. The number of benzene rings is 1. The second-order valence-corrected chi connectivity index (χ2v) is 6.99. The van der Waals surface area contributed by atoms with Crippen LogP contribution in [0.1, 0.15) is 16.4 Å². The summed E-state index contributed by atoms with van der Waals surface area (Å²) in [6.45, 7) is 1.77. The van der Waals surface area contributed by atoms with Crippen molar-refractivity contribution in [2.75, 3.05) is 13.1 Å². The summed E-state index contributed by atoms with van der Waals surface area (Å²) in [4.78, 5) is 13.8. The highest BCUT2D eigenvalue weighted by Gasteiger charge is 2.34. The Morgan fingerprint density at radius 3 is 3.16 bits per heavy atom. The van der Waals surface area contributed by atoms with Crippen LogP contribution in [0.25, 0.3) is 11.0 Å². The van der Waals surface area contributed by atoms with Gasteiger partial charge >= 0.3 is 0 Å². The van der Waals surface area contributed by atoms with Crippen LogP contribution in [0.2, 0.25) is 0 Å². The van der Waals surface area contributed by atoms with Gasteiger partial charge in [0.1, 0.15) is 29.7 Å². The fourth-order valence-corrected chi connectivity index (χ4v) is 3.66. The number of imidazole rings is 1. The average molecular weight is 357 g/mol. The molecule has 128 valence electrons. The van der Waals surface area contributed by atoms with Gasteiger partial charge in [-0.3, -0.25) is 4.90 Å². The van der Waals surface area contributed by atoms with Crippen molar-refractivity contribution in [1.82, 2.24) is 19.9 Å². The van der Waals surface area contributed by atoms with Gasteiger partial charge in [0.25, 0.3) is 0 Å². The number of H-pyrrole nitrogens is 1. The first-order valence-electron chi connectivity index (χ1n) is 7.96. The summed E-state index contributed by atoms with van der Waals surface area (Å²) in [6, 6.07) is 7.35. The fourth-order valence-electron chi connectivity index (χ4n) is 3.00. The number of nitrogens with one attached hydrogen (secondary N) is 1. The molecule has 1 aromatic carbocycles. The number of ether oxygens (including phenoxy) is 1. The highest BCUT2D eigenvalue weighted by Crippen LogP contribution is 2.21. The van der Waals surface area contributed by atoms with Gasteiger partial charge in [0.05, 0.1) is 29.2 Å². The number of thiazole rings is 1. The van der Waals surface area contributed by atoms with E-state index in [2.05, 4.69) is 21.0 Å². The van der Waals surface area contributed by atoms with E-state index in [4.69, 9.17) is 10.00 Å². The van der Waals surface area contributed by atoms with Gasteiger partial charge in [0, 0.05) is 24.7 Å². The highest BCUT2D eigenvalue weighted by atomic mass is 32.1. The maximum atomic E-state index is 14.2. The van der Waals surface area contributed by atoms with E-state index in [1.54, 1.807) is 35.7 Å². The quantitative estimate of drug-likeness (QED) is 0.759. The Bertz CT molecular complexity index is 904. The third kappa shape index (κ3) is 3.54. The first-order chi connectivity index (χ1) is 12.2. The minimum atomic E-state index is -1.02. The van der Waals surface area contributed by atoms with E-state index in [-0.39, 0.29) is 6.61 Å². The van der Waals surface area contributed by atoms with Crippen LogP contribution >= 0.6 is 11.3 Å². The fraction of sp³-hybridized carbons (Fsp3) is 0.353. The lowest BCUT2D eigenvalue weighted by Gasteiger charge is -2.14. The summed E-state index contributed by atoms with van der Waals surface area (Å²) < 4.78 is 20.0. The summed E-state index contributed by atoms with van der Waals surface area (Å²) in [6.07, 6.45) is 0.272. The number of hydrogen-bond acceptors (Lipinski definition) is 6. The predicted molar refractivity (Wildman–Crippen MR) is 91.7 cm³/mol. The molecule has 1 fully saturated rings. The molecule has 4 rings (SSSR count). The van der Waals surface area contributed by atoms with Crippen molar-refractivity contribution in [3.8, 4) is 6.07 Å². The molecule has 0 amide bonds. The lowest BCUT2D eigenvalue weighted by Crippen LogP contribution is -2.24. The first kappa shape index (κ1) is 16.1. The molecule has 0 bridgehead atoms. The number of alkyl halides is 1. The molecule has 0 saturated carbocycles. The molecule has 3 aromatic rings. The van der Waals surface area contributed by atoms with E-state index in [0.29, 0.717) is 31.0 Å². The molecular weight excluding hydrogens is 341 g/mol. The minimum absolute atomic E-state index is 0.215. The summed E-state index contributed by atoms with van der Waals surface area (Å²) >= 11 is 1.57. The molecule has 8 heteroatoms. The van der Waals surface area contributed by atoms with Crippen LogP contribution in [0.3, 0.4) is 0 Å².